The van der Waals surface area contributed by atoms with Crippen molar-refractivity contribution < 1.29 is 0 Å². The van der Waals surface area contributed by atoms with Gasteiger partial charge in [0.1, 0.15) is 11.7 Å². The summed E-state index contributed by atoms with van der Waals surface area (Å²) < 4.78 is 1.05. The number of nitrogens with zero attached hydrogens (tertiary/aromatic N) is 2. The third kappa shape index (κ3) is 1.94. The number of fused-ring (bicyclic) bond motifs is 5. The molecule has 0 amide bonds. The number of para-hydroxylation sites is 1. The molecule has 2 heterocycles. The molecule has 0 radical (unpaired) electrons. The highest BCUT2D eigenvalue weighted by molar-refractivity contribution is 5.57. The largest absolute Gasteiger partial charge is 0.295 e. The van der Waals surface area contributed by atoms with Crippen molar-refractivity contribution in [3.8, 4) is 0 Å². The van der Waals surface area contributed by atoms with Gasteiger partial charge in [-0.1, -0.05) is 42.5 Å². The molecule has 108 valence electrons. The minimum atomic E-state index is 0.545. The first kappa shape index (κ1) is 13.1. The number of benzene rings is 2. The lowest BCUT2D eigenvalue weighted by atomic mass is 9.95. The van der Waals surface area contributed by atoms with E-state index in [4.69, 9.17) is 0 Å². The minimum Gasteiger partial charge on any atom is -0.295 e. The second-order valence-corrected chi connectivity index (χ2v) is 6.77. The van der Waals surface area contributed by atoms with Crippen molar-refractivity contribution in [1.29, 1.82) is 0 Å². The molecule has 4 rings (SSSR count). The summed E-state index contributed by atoms with van der Waals surface area (Å²) in [5.41, 5.74) is 6.07. The zero-order chi connectivity index (χ0) is 14.4. The van der Waals surface area contributed by atoms with Crippen molar-refractivity contribution in [1.82, 2.24) is 9.38 Å². The lowest BCUT2D eigenvalue weighted by molar-refractivity contribution is 0.118. The molecule has 2 nitrogen and oxygen atoms in total. The first-order valence-corrected chi connectivity index (χ1v) is 7.88. The summed E-state index contributed by atoms with van der Waals surface area (Å²) in [4.78, 5) is 2.48. The van der Waals surface area contributed by atoms with Crippen molar-refractivity contribution >= 4 is 5.69 Å². The maximum atomic E-state index is 2.48. The molecule has 0 bridgehead atoms. The van der Waals surface area contributed by atoms with Gasteiger partial charge in [0, 0.05) is 24.1 Å². The molecule has 2 unspecified atom stereocenters. The predicted octanol–water partition coefficient (Wildman–Crippen LogP) is 3.21. The summed E-state index contributed by atoms with van der Waals surface area (Å²) in [6.07, 6.45) is 1.07. The zero-order valence-electron chi connectivity index (χ0n) is 12.9. The van der Waals surface area contributed by atoms with Crippen LogP contribution >= 0.6 is 0 Å². The van der Waals surface area contributed by atoms with Crippen LogP contribution in [0.3, 0.4) is 0 Å². The Morgan fingerprint density at radius 2 is 1.71 bits per heavy atom. The first-order chi connectivity index (χ1) is 10.2. The van der Waals surface area contributed by atoms with Gasteiger partial charge in [-0.3, -0.25) is 9.38 Å². The number of quaternary nitrogens is 1. The molecule has 0 spiro atoms. The van der Waals surface area contributed by atoms with Crippen LogP contribution in [-0.4, -0.2) is 38.6 Å². The SMILES string of the molecule is CN1CC[N+]2(C)c3ccccc3Cc3ccccc3C2C1. The highest BCUT2D eigenvalue weighted by Crippen LogP contribution is 2.43. The second-order valence-electron chi connectivity index (χ2n) is 6.77. The number of hydrogen-bond donors (Lipinski definition) is 0. The quantitative estimate of drug-likeness (QED) is 0.669. The van der Waals surface area contributed by atoms with Gasteiger partial charge in [0.2, 0.25) is 0 Å². The van der Waals surface area contributed by atoms with Gasteiger partial charge in [-0.25, -0.2) is 0 Å². The summed E-state index contributed by atoms with van der Waals surface area (Å²) in [6, 6.07) is 18.6. The third-order valence-corrected chi connectivity index (χ3v) is 5.46. The van der Waals surface area contributed by atoms with E-state index in [-0.39, 0.29) is 0 Å². The zero-order valence-corrected chi connectivity index (χ0v) is 12.9. The molecule has 2 atom stereocenters. The molecular formula is C19H23N2+. The van der Waals surface area contributed by atoms with Crippen molar-refractivity contribution in [3.63, 3.8) is 0 Å². The topological polar surface area (TPSA) is 3.24 Å². The van der Waals surface area contributed by atoms with E-state index in [9.17, 15) is 0 Å². The van der Waals surface area contributed by atoms with Crippen LogP contribution in [0, 0.1) is 0 Å². The van der Waals surface area contributed by atoms with E-state index in [0.717, 1.165) is 17.4 Å². The summed E-state index contributed by atoms with van der Waals surface area (Å²) >= 11 is 0. The normalized spacial score (nSPS) is 28.2. The first-order valence-electron chi connectivity index (χ1n) is 7.88. The third-order valence-electron chi connectivity index (χ3n) is 5.46. The molecule has 2 aromatic rings. The maximum absolute atomic E-state index is 2.48. The van der Waals surface area contributed by atoms with Gasteiger partial charge >= 0.3 is 0 Å². The molecular weight excluding hydrogens is 256 g/mol. The van der Waals surface area contributed by atoms with Crippen molar-refractivity contribution in [2.24, 2.45) is 0 Å². The number of rotatable bonds is 0. The van der Waals surface area contributed by atoms with Crippen LogP contribution in [0.2, 0.25) is 0 Å². The van der Waals surface area contributed by atoms with Crippen LogP contribution in [0.15, 0.2) is 48.5 Å². The van der Waals surface area contributed by atoms with Crippen LogP contribution in [0.5, 0.6) is 0 Å². The molecule has 0 aliphatic carbocycles. The average molecular weight is 279 g/mol. The molecule has 21 heavy (non-hydrogen) atoms. The Bertz CT molecular complexity index is 679. The summed E-state index contributed by atoms with van der Waals surface area (Å²) in [6.45, 7) is 3.50. The fourth-order valence-electron chi connectivity index (χ4n) is 4.18. The van der Waals surface area contributed by atoms with E-state index in [1.54, 1.807) is 5.56 Å². The van der Waals surface area contributed by atoms with E-state index >= 15 is 0 Å². The lowest BCUT2D eigenvalue weighted by Crippen LogP contribution is -2.59. The Labute approximate surface area is 127 Å². The van der Waals surface area contributed by atoms with Gasteiger partial charge in [-0.15, -0.1) is 0 Å². The van der Waals surface area contributed by atoms with E-state index in [0.29, 0.717) is 6.04 Å². The van der Waals surface area contributed by atoms with E-state index in [2.05, 4.69) is 67.5 Å². The van der Waals surface area contributed by atoms with Crippen LogP contribution in [0.1, 0.15) is 22.7 Å². The highest BCUT2D eigenvalue weighted by atomic mass is 15.4. The summed E-state index contributed by atoms with van der Waals surface area (Å²) in [7, 11) is 4.68. The highest BCUT2D eigenvalue weighted by Gasteiger charge is 2.44. The van der Waals surface area contributed by atoms with Crippen LogP contribution in [0.25, 0.3) is 0 Å². The van der Waals surface area contributed by atoms with Crippen molar-refractivity contribution in [2.45, 2.75) is 12.5 Å². The van der Waals surface area contributed by atoms with Crippen molar-refractivity contribution in [3.05, 3.63) is 65.2 Å². The Hall–Kier alpha value is -1.64. The molecule has 1 fully saturated rings. The van der Waals surface area contributed by atoms with Gasteiger partial charge in [0.05, 0.1) is 20.1 Å². The van der Waals surface area contributed by atoms with Crippen molar-refractivity contribution in [2.75, 3.05) is 33.7 Å². The van der Waals surface area contributed by atoms with Gasteiger partial charge < -0.3 is 0 Å². The number of piperazine rings is 1. The molecule has 2 aliphatic rings. The van der Waals surface area contributed by atoms with Crippen LogP contribution in [-0.2, 0) is 6.42 Å². The lowest BCUT2D eigenvalue weighted by Gasteiger charge is -2.47. The standard InChI is InChI=1S/C19H23N2/c1-20-11-12-21(2)18-10-6-4-8-16(18)13-15-7-3-5-9-17(15)19(21)14-20/h3-10,19H,11-14H2,1-2H3/q+1. The molecule has 0 saturated carbocycles. The van der Waals surface area contributed by atoms with Gasteiger partial charge in [0.15, 0.2) is 0 Å². The van der Waals surface area contributed by atoms with Gasteiger partial charge in [0.25, 0.3) is 0 Å². The molecule has 2 heteroatoms. The molecule has 0 N–H and O–H groups in total. The minimum absolute atomic E-state index is 0.545. The average Bonchev–Trinajstić information content (AvgIpc) is 2.61. The Kier molecular flexibility index (Phi) is 2.91. The monoisotopic (exact) mass is 279 g/mol. The Morgan fingerprint density at radius 3 is 2.57 bits per heavy atom. The molecule has 2 aliphatic heterocycles. The van der Waals surface area contributed by atoms with Crippen LogP contribution in [0.4, 0.5) is 5.69 Å². The van der Waals surface area contributed by atoms with E-state index < -0.39 is 0 Å². The van der Waals surface area contributed by atoms with Gasteiger partial charge in [-0.2, -0.15) is 0 Å². The van der Waals surface area contributed by atoms with E-state index in [1.165, 1.54) is 29.9 Å². The molecule has 1 saturated heterocycles. The fraction of sp³-hybridized carbons (Fsp3) is 0.368. The molecule has 2 aromatic carbocycles. The smallest absolute Gasteiger partial charge is 0.136 e. The maximum Gasteiger partial charge on any atom is 0.136 e. The number of likely N-dealkylation sites (N-methyl/N-ethyl adjacent to an activating group) is 2. The fourth-order valence-corrected chi connectivity index (χ4v) is 4.18. The van der Waals surface area contributed by atoms with Crippen LogP contribution < -0.4 is 4.48 Å². The summed E-state index contributed by atoms with van der Waals surface area (Å²) in [5, 5.41) is 0. The van der Waals surface area contributed by atoms with E-state index in [1.807, 2.05) is 0 Å². The Balaban J connectivity index is 1.97. The number of hydrogen-bond acceptors (Lipinski definition) is 1. The second kappa shape index (κ2) is 4.69. The predicted molar refractivity (Wildman–Crippen MR) is 88.5 cm³/mol. The van der Waals surface area contributed by atoms with Gasteiger partial charge in [-0.05, 0) is 18.7 Å². The Morgan fingerprint density at radius 1 is 1.00 bits per heavy atom. The molecule has 0 aromatic heterocycles. The summed E-state index contributed by atoms with van der Waals surface area (Å²) in [5.74, 6) is 0.